The summed E-state index contributed by atoms with van der Waals surface area (Å²) in [5.74, 6) is 0. The topological polar surface area (TPSA) is 16.4 Å². The summed E-state index contributed by atoms with van der Waals surface area (Å²) in [6, 6.07) is 72.1. The number of fused-ring (bicyclic) bond motifs is 11. The molecule has 2 nitrogen and oxygen atoms in total. The Hall–Kier alpha value is -7.16. The predicted molar refractivity (Wildman–Crippen MR) is 229 cm³/mol. The van der Waals surface area contributed by atoms with Crippen LogP contribution in [0.25, 0.3) is 87.3 Å². The molecule has 0 bridgehead atoms. The third-order valence-corrected chi connectivity index (χ3v) is 11.0. The summed E-state index contributed by atoms with van der Waals surface area (Å²) in [5, 5.41) is 12.1. The second-order valence-corrected chi connectivity index (χ2v) is 14.0. The van der Waals surface area contributed by atoms with Crippen LogP contribution in [0.5, 0.6) is 0 Å². The zero-order chi connectivity index (χ0) is 35.6. The highest BCUT2D eigenvalue weighted by Crippen LogP contribution is 2.48. The van der Waals surface area contributed by atoms with Crippen LogP contribution in [0.4, 0.5) is 17.1 Å². The van der Waals surface area contributed by atoms with Gasteiger partial charge in [0.25, 0.3) is 0 Å². The van der Waals surface area contributed by atoms with Gasteiger partial charge in [0.2, 0.25) is 0 Å². The lowest BCUT2D eigenvalue weighted by molar-refractivity contribution is 0.669. The van der Waals surface area contributed by atoms with Crippen LogP contribution in [0.3, 0.4) is 0 Å². The second kappa shape index (κ2) is 12.2. The van der Waals surface area contributed by atoms with Gasteiger partial charge in [0.15, 0.2) is 0 Å². The van der Waals surface area contributed by atoms with Crippen LogP contribution in [0.1, 0.15) is 0 Å². The average molecular weight is 688 g/mol. The fraction of sp³-hybridized carbons (Fsp3) is 0. The summed E-state index contributed by atoms with van der Waals surface area (Å²) < 4.78 is 6.81. The van der Waals surface area contributed by atoms with Gasteiger partial charge < -0.3 is 9.32 Å². The lowest BCUT2D eigenvalue weighted by Crippen LogP contribution is -2.10. The van der Waals surface area contributed by atoms with Crippen molar-refractivity contribution < 1.29 is 4.42 Å². The lowest BCUT2D eigenvalue weighted by atomic mass is 9.93. The van der Waals surface area contributed by atoms with Crippen LogP contribution < -0.4 is 4.90 Å². The highest BCUT2D eigenvalue weighted by atomic mass is 16.3. The van der Waals surface area contributed by atoms with Gasteiger partial charge in [-0.3, -0.25) is 0 Å². The first-order valence-corrected chi connectivity index (χ1v) is 18.5. The molecule has 0 aliphatic rings. The number of anilines is 3. The normalized spacial score (nSPS) is 11.7. The van der Waals surface area contributed by atoms with E-state index < -0.39 is 0 Å². The van der Waals surface area contributed by atoms with Crippen molar-refractivity contribution in [3.8, 4) is 22.3 Å². The van der Waals surface area contributed by atoms with Crippen LogP contribution in [0, 0.1) is 0 Å². The van der Waals surface area contributed by atoms with Crippen molar-refractivity contribution in [1.82, 2.24) is 0 Å². The number of hydrogen-bond acceptors (Lipinski definition) is 2. The Bertz CT molecular complexity index is 3160. The van der Waals surface area contributed by atoms with Crippen molar-refractivity contribution in [2.24, 2.45) is 0 Å². The van der Waals surface area contributed by atoms with Crippen molar-refractivity contribution in [1.29, 1.82) is 0 Å². The molecule has 54 heavy (non-hydrogen) atoms. The minimum atomic E-state index is 0.862. The van der Waals surface area contributed by atoms with Gasteiger partial charge in [-0.25, -0.2) is 0 Å². The van der Waals surface area contributed by atoms with Gasteiger partial charge in [-0.2, -0.15) is 0 Å². The predicted octanol–water partition coefficient (Wildman–Crippen LogP) is 15.0. The SMILES string of the molecule is c1ccc(-c2ccc(N(c3ccc4c5ccccc5c5ccccc5c4c3)c3cccc4oc5cc(-c6ccccc6)c6ccccc6c5c34)cc2)cc1. The average Bonchev–Trinajstić information content (AvgIpc) is 3.64. The Morgan fingerprint density at radius 3 is 1.48 bits per heavy atom. The van der Waals surface area contributed by atoms with Gasteiger partial charge in [0, 0.05) is 16.8 Å². The van der Waals surface area contributed by atoms with Crippen molar-refractivity contribution in [3.05, 3.63) is 200 Å². The minimum absolute atomic E-state index is 0.862. The molecule has 0 fully saturated rings. The van der Waals surface area contributed by atoms with E-state index in [0.29, 0.717) is 0 Å². The highest BCUT2D eigenvalue weighted by molar-refractivity contribution is 6.27. The van der Waals surface area contributed by atoms with E-state index in [1.54, 1.807) is 0 Å². The molecule has 2 heteroatoms. The third-order valence-electron chi connectivity index (χ3n) is 11.0. The molecule has 0 amide bonds. The maximum Gasteiger partial charge on any atom is 0.137 e. The van der Waals surface area contributed by atoms with E-state index in [9.17, 15) is 0 Å². The molecule has 0 saturated heterocycles. The Kier molecular flexibility index (Phi) is 6.90. The summed E-state index contributed by atoms with van der Waals surface area (Å²) in [6.45, 7) is 0. The van der Waals surface area contributed by atoms with E-state index in [1.807, 2.05) is 0 Å². The Morgan fingerprint density at radius 1 is 0.296 bits per heavy atom. The zero-order valence-corrected chi connectivity index (χ0v) is 29.4. The summed E-state index contributed by atoms with van der Waals surface area (Å²) in [4.78, 5) is 2.41. The first-order valence-electron chi connectivity index (χ1n) is 18.5. The molecule has 0 radical (unpaired) electrons. The van der Waals surface area contributed by atoms with E-state index >= 15 is 0 Å². The Balaban J connectivity index is 1.21. The van der Waals surface area contributed by atoms with Crippen LogP contribution in [0.15, 0.2) is 205 Å². The maximum absolute atomic E-state index is 6.81. The fourth-order valence-corrected chi connectivity index (χ4v) is 8.60. The van der Waals surface area contributed by atoms with Gasteiger partial charge in [-0.1, -0.05) is 158 Å². The van der Waals surface area contributed by atoms with Gasteiger partial charge in [-0.05, 0) is 108 Å². The summed E-state index contributed by atoms with van der Waals surface area (Å²) in [6.07, 6.45) is 0. The van der Waals surface area contributed by atoms with E-state index in [4.69, 9.17) is 4.42 Å². The molecule has 0 unspecified atom stereocenters. The van der Waals surface area contributed by atoms with Crippen molar-refractivity contribution >= 4 is 82.1 Å². The van der Waals surface area contributed by atoms with Gasteiger partial charge in [-0.15, -0.1) is 0 Å². The number of rotatable bonds is 5. The van der Waals surface area contributed by atoms with Gasteiger partial charge in [0.05, 0.1) is 11.1 Å². The molecule has 0 aliphatic heterocycles. The standard InChI is InChI=1S/C52H33NO/c1-3-14-34(15-4-1)35-26-28-37(29-27-35)53(38-30-31-44-41-20-8-7-18-39(41)40-19-9-10-21-42(40)47(44)32-38)48-24-13-25-49-52(48)51-45-23-12-11-22-43(45)46(33-50(51)54-49)36-16-5-2-6-17-36/h1-33H. The molecule has 0 atom stereocenters. The first kappa shape index (κ1) is 30.5. The molecule has 11 rings (SSSR count). The van der Waals surface area contributed by atoms with E-state index in [-0.39, 0.29) is 0 Å². The fourth-order valence-electron chi connectivity index (χ4n) is 8.60. The molecule has 252 valence electrons. The molecule has 1 aromatic heterocycles. The first-order chi connectivity index (χ1) is 26.8. The van der Waals surface area contributed by atoms with Crippen LogP contribution in [0.2, 0.25) is 0 Å². The van der Waals surface area contributed by atoms with Crippen molar-refractivity contribution in [3.63, 3.8) is 0 Å². The van der Waals surface area contributed by atoms with Crippen LogP contribution >= 0.6 is 0 Å². The number of hydrogen-bond donors (Lipinski definition) is 0. The molecule has 0 spiro atoms. The van der Waals surface area contributed by atoms with Crippen LogP contribution in [-0.2, 0) is 0 Å². The summed E-state index contributed by atoms with van der Waals surface area (Å²) >= 11 is 0. The summed E-state index contributed by atoms with van der Waals surface area (Å²) in [7, 11) is 0. The van der Waals surface area contributed by atoms with Crippen LogP contribution in [-0.4, -0.2) is 0 Å². The van der Waals surface area contributed by atoms with Crippen molar-refractivity contribution in [2.45, 2.75) is 0 Å². The Labute approximate surface area is 312 Å². The molecule has 1 heterocycles. The molecule has 11 aromatic rings. The van der Waals surface area contributed by atoms with Gasteiger partial charge >= 0.3 is 0 Å². The zero-order valence-electron chi connectivity index (χ0n) is 29.4. The minimum Gasteiger partial charge on any atom is -0.456 e. The molecular weight excluding hydrogens is 655 g/mol. The number of benzene rings is 10. The largest absolute Gasteiger partial charge is 0.456 e. The lowest BCUT2D eigenvalue weighted by Gasteiger charge is -2.27. The highest BCUT2D eigenvalue weighted by Gasteiger charge is 2.23. The quantitative estimate of drug-likeness (QED) is 0.168. The maximum atomic E-state index is 6.81. The van der Waals surface area contributed by atoms with Crippen molar-refractivity contribution in [2.75, 3.05) is 4.90 Å². The monoisotopic (exact) mass is 687 g/mol. The smallest absolute Gasteiger partial charge is 0.137 e. The molecular formula is C52H33NO. The van der Waals surface area contributed by atoms with E-state index in [2.05, 4.69) is 205 Å². The number of furan rings is 1. The Morgan fingerprint density at radius 2 is 0.815 bits per heavy atom. The molecule has 0 aliphatic carbocycles. The van der Waals surface area contributed by atoms with E-state index in [0.717, 1.165) is 39.0 Å². The second-order valence-electron chi connectivity index (χ2n) is 14.0. The van der Waals surface area contributed by atoms with E-state index in [1.165, 1.54) is 65.3 Å². The van der Waals surface area contributed by atoms with Gasteiger partial charge in [0.1, 0.15) is 11.2 Å². The molecule has 10 aromatic carbocycles. The third kappa shape index (κ3) is 4.74. The summed E-state index contributed by atoms with van der Waals surface area (Å²) in [5.41, 5.74) is 9.69. The molecule has 0 saturated carbocycles. The molecule has 0 N–H and O–H groups in total. The number of nitrogens with zero attached hydrogens (tertiary/aromatic N) is 1.